The number of hydrogen-bond acceptors (Lipinski definition) is 4. The van der Waals surface area contributed by atoms with E-state index in [2.05, 4.69) is 44.1 Å². The molecule has 8 heteroatoms. The number of aromatic nitrogens is 3. The minimum Gasteiger partial charge on any atom is -0.359 e. The van der Waals surface area contributed by atoms with Crippen molar-refractivity contribution in [2.45, 2.75) is 46.1 Å². The molecule has 8 nitrogen and oxygen atoms in total. The number of nitrogens with zero attached hydrogens (tertiary/aromatic N) is 5. The Bertz CT molecular complexity index is 561. The molecule has 1 aromatic heterocycles. The number of carbonyl (C=O) groups is 1. The van der Waals surface area contributed by atoms with Crippen LogP contribution in [0.1, 0.15) is 38.9 Å². The number of aliphatic imine (C=N–C) groups is 1. The molecule has 25 heavy (non-hydrogen) atoms. The zero-order valence-electron chi connectivity index (χ0n) is 15.7. The van der Waals surface area contributed by atoms with Crippen LogP contribution in [0.5, 0.6) is 0 Å². The van der Waals surface area contributed by atoms with Gasteiger partial charge in [-0.05, 0) is 25.7 Å². The molecular weight excluding hydrogens is 318 g/mol. The predicted molar refractivity (Wildman–Crippen MR) is 98.4 cm³/mol. The third-order valence-electron chi connectivity index (χ3n) is 4.62. The van der Waals surface area contributed by atoms with Crippen LogP contribution in [-0.4, -0.2) is 64.8 Å². The van der Waals surface area contributed by atoms with Gasteiger partial charge in [0.2, 0.25) is 5.91 Å². The summed E-state index contributed by atoms with van der Waals surface area (Å²) in [4.78, 5) is 18.6. The summed E-state index contributed by atoms with van der Waals surface area (Å²) in [5, 5.41) is 14.2. The molecule has 0 spiro atoms. The molecule has 0 aromatic carbocycles. The highest BCUT2D eigenvalue weighted by Gasteiger charge is 2.22. The molecule has 0 radical (unpaired) electrons. The van der Waals surface area contributed by atoms with Gasteiger partial charge in [-0.1, -0.05) is 6.92 Å². The topological polar surface area (TPSA) is 87.4 Å². The zero-order chi connectivity index (χ0) is 18.1. The maximum absolute atomic E-state index is 11.5. The zero-order valence-corrected chi connectivity index (χ0v) is 15.7. The third kappa shape index (κ3) is 5.72. The smallest absolute Gasteiger partial charge is 0.220 e. The van der Waals surface area contributed by atoms with Gasteiger partial charge in [0.25, 0.3) is 0 Å². The highest BCUT2D eigenvalue weighted by molar-refractivity contribution is 5.80. The van der Waals surface area contributed by atoms with Gasteiger partial charge in [0.15, 0.2) is 5.96 Å². The first-order valence-corrected chi connectivity index (χ1v) is 9.28. The van der Waals surface area contributed by atoms with Gasteiger partial charge in [-0.2, -0.15) is 0 Å². The second kappa shape index (κ2) is 10.0. The first-order valence-electron chi connectivity index (χ1n) is 9.28. The molecule has 1 fully saturated rings. The van der Waals surface area contributed by atoms with Gasteiger partial charge in [0.1, 0.15) is 12.2 Å². The van der Waals surface area contributed by atoms with E-state index in [0.29, 0.717) is 18.9 Å². The number of nitrogens with one attached hydrogen (secondary N) is 2. The Hall–Kier alpha value is -2.12. The summed E-state index contributed by atoms with van der Waals surface area (Å²) in [5.74, 6) is 2.57. The lowest BCUT2D eigenvalue weighted by molar-refractivity contribution is -0.121. The quantitative estimate of drug-likeness (QED) is 0.558. The Morgan fingerprint density at radius 3 is 2.76 bits per heavy atom. The summed E-state index contributed by atoms with van der Waals surface area (Å²) in [6, 6.07) is 0. The maximum Gasteiger partial charge on any atom is 0.220 e. The predicted octanol–water partition coefficient (Wildman–Crippen LogP) is 0.654. The highest BCUT2D eigenvalue weighted by atomic mass is 16.1. The molecule has 2 N–H and O–H groups in total. The lowest BCUT2D eigenvalue weighted by Crippen LogP contribution is -2.46. The lowest BCUT2D eigenvalue weighted by atomic mass is 9.93. The van der Waals surface area contributed by atoms with Crippen molar-refractivity contribution in [3.05, 3.63) is 12.2 Å². The van der Waals surface area contributed by atoms with Gasteiger partial charge in [-0.25, -0.2) is 0 Å². The molecule has 1 amide bonds. The molecule has 0 aliphatic carbocycles. The number of guanidine groups is 1. The number of carbonyl (C=O) groups excluding carboxylic acids is 1. The van der Waals surface area contributed by atoms with Crippen molar-refractivity contribution in [1.82, 2.24) is 30.3 Å². The van der Waals surface area contributed by atoms with E-state index >= 15 is 0 Å². The van der Waals surface area contributed by atoms with Crippen molar-refractivity contribution >= 4 is 11.9 Å². The molecule has 1 aliphatic heterocycles. The van der Waals surface area contributed by atoms with Crippen LogP contribution in [0, 0.1) is 5.92 Å². The van der Waals surface area contributed by atoms with E-state index in [4.69, 9.17) is 4.99 Å². The van der Waals surface area contributed by atoms with E-state index in [1.54, 1.807) is 13.4 Å². The molecule has 1 saturated heterocycles. The average Bonchev–Trinajstić information content (AvgIpc) is 3.09. The van der Waals surface area contributed by atoms with Crippen molar-refractivity contribution < 1.29 is 4.79 Å². The lowest BCUT2D eigenvalue weighted by Gasteiger charge is -2.34. The summed E-state index contributed by atoms with van der Waals surface area (Å²) in [5.41, 5.74) is 0. The normalized spacial score (nSPS) is 16.1. The summed E-state index contributed by atoms with van der Waals surface area (Å²) in [6.07, 6.45) is 5.34. The van der Waals surface area contributed by atoms with Crippen LogP contribution in [0.25, 0.3) is 0 Å². The van der Waals surface area contributed by atoms with E-state index in [-0.39, 0.29) is 5.91 Å². The van der Waals surface area contributed by atoms with Crippen LogP contribution < -0.4 is 10.6 Å². The standard InChI is InChI=1S/C17H31N7O/c1-4-15-22-21-13-24(15)11-8-20-17(19-5-2)23-9-6-14(7-10-23)12-16(25)18-3/h13-14H,4-12H2,1-3H3,(H,18,25)(H,19,20). The van der Waals surface area contributed by atoms with E-state index in [0.717, 1.165) is 57.2 Å². The fourth-order valence-electron chi connectivity index (χ4n) is 3.14. The minimum atomic E-state index is 0.139. The Kier molecular flexibility index (Phi) is 7.69. The molecular formula is C17H31N7O. The van der Waals surface area contributed by atoms with Crippen LogP contribution in [0.3, 0.4) is 0 Å². The molecule has 0 unspecified atom stereocenters. The van der Waals surface area contributed by atoms with Gasteiger partial charge < -0.3 is 20.1 Å². The number of rotatable bonds is 7. The second-order valence-corrected chi connectivity index (χ2v) is 6.34. The Balaban J connectivity index is 1.86. The second-order valence-electron chi connectivity index (χ2n) is 6.34. The summed E-state index contributed by atoms with van der Waals surface area (Å²) in [6.45, 7) is 8.40. The van der Waals surface area contributed by atoms with Gasteiger partial charge in [-0.3, -0.25) is 9.79 Å². The van der Waals surface area contributed by atoms with Gasteiger partial charge in [0, 0.05) is 46.1 Å². The minimum absolute atomic E-state index is 0.139. The van der Waals surface area contributed by atoms with E-state index in [1.807, 2.05) is 0 Å². The first kappa shape index (κ1) is 19.2. The van der Waals surface area contributed by atoms with E-state index < -0.39 is 0 Å². The van der Waals surface area contributed by atoms with Crippen LogP contribution >= 0.6 is 0 Å². The molecule has 0 saturated carbocycles. The Morgan fingerprint density at radius 1 is 1.36 bits per heavy atom. The SMILES string of the molecule is CCNC(=NCCn1cnnc1CC)N1CCC(CC(=O)NC)CC1. The van der Waals surface area contributed by atoms with Gasteiger partial charge >= 0.3 is 0 Å². The highest BCUT2D eigenvalue weighted by Crippen LogP contribution is 2.20. The van der Waals surface area contributed by atoms with Crippen molar-refractivity contribution in [3.63, 3.8) is 0 Å². The number of hydrogen-bond donors (Lipinski definition) is 2. The van der Waals surface area contributed by atoms with Crippen molar-refractivity contribution in [1.29, 1.82) is 0 Å². The Morgan fingerprint density at radius 2 is 2.12 bits per heavy atom. The third-order valence-corrected chi connectivity index (χ3v) is 4.62. The molecule has 1 aliphatic rings. The fourth-order valence-corrected chi connectivity index (χ4v) is 3.14. The Labute approximate surface area is 150 Å². The number of likely N-dealkylation sites (tertiary alicyclic amines) is 1. The van der Waals surface area contributed by atoms with Crippen molar-refractivity contribution in [2.75, 3.05) is 33.2 Å². The van der Waals surface area contributed by atoms with Crippen LogP contribution in [0.4, 0.5) is 0 Å². The molecule has 0 atom stereocenters. The molecule has 0 bridgehead atoms. The number of amides is 1. The van der Waals surface area contributed by atoms with Crippen molar-refractivity contribution in [2.24, 2.45) is 10.9 Å². The van der Waals surface area contributed by atoms with Crippen molar-refractivity contribution in [3.8, 4) is 0 Å². The monoisotopic (exact) mass is 349 g/mol. The molecule has 2 heterocycles. The fraction of sp³-hybridized carbons (Fsp3) is 0.765. The van der Waals surface area contributed by atoms with Crippen LogP contribution in [-0.2, 0) is 17.8 Å². The largest absolute Gasteiger partial charge is 0.359 e. The number of piperidine rings is 1. The summed E-state index contributed by atoms with van der Waals surface area (Å²) in [7, 11) is 1.70. The molecule has 1 aromatic rings. The van der Waals surface area contributed by atoms with Crippen LogP contribution in [0.2, 0.25) is 0 Å². The first-order chi connectivity index (χ1) is 12.2. The van der Waals surface area contributed by atoms with Gasteiger partial charge in [-0.15, -0.1) is 10.2 Å². The summed E-state index contributed by atoms with van der Waals surface area (Å²) < 4.78 is 2.06. The molecule has 2 rings (SSSR count). The van der Waals surface area contributed by atoms with Crippen LogP contribution in [0.15, 0.2) is 11.3 Å². The maximum atomic E-state index is 11.5. The molecule has 140 valence electrons. The number of aryl methyl sites for hydroxylation is 1. The summed E-state index contributed by atoms with van der Waals surface area (Å²) >= 11 is 0. The average molecular weight is 349 g/mol. The van der Waals surface area contributed by atoms with E-state index in [1.165, 1.54) is 0 Å². The van der Waals surface area contributed by atoms with Gasteiger partial charge in [0.05, 0.1) is 6.54 Å². The van der Waals surface area contributed by atoms with E-state index in [9.17, 15) is 4.79 Å².